The first kappa shape index (κ1) is 22.9. The molecule has 33 heavy (non-hydrogen) atoms. The van der Waals surface area contributed by atoms with Crippen LogP contribution in [0.1, 0.15) is 11.1 Å². The van der Waals surface area contributed by atoms with Crippen LogP contribution >= 0.6 is 0 Å². The normalized spacial score (nSPS) is 16.6. The van der Waals surface area contributed by atoms with Gasteiger partial charge in [-0.3, -0.25) is 20.2 Å². The van der Waals surface area contributed by atoms with Crippen molar-refractivity contribution in [3.63, 3.8) is 0 Å². The van der Waals surface area contributed by atoms with Crippen LogP contribution in [0, 0.1) is 20.2 Å². The predicted octanol–water partition coefficient (Wildman–Crippen LogP) is 2.89. The van der Waals surface area contributed by atoms with Crippen molar-refractivity contribution in [2.45, 2.75) is 13.2 Å². The topological polar surface area (TPSA) is 120 Å². The zero-order valence-corrected chi connectivity index (χ0v) is 18.2. The predicted molar refractivity (Wildman–Crippen MR) is 121 cm³/mol. The van der Waals surface area contributed by atoms with Gasteiger partial charge in [-0.15, -0.1) is 0 Å². The molecule has 0 N–H and O–H groups in total. The van der Waals surface area contributed by atoms with Crippen molar-refractivity contribution >= 4 is 22.7 Å². The summed E-state index contributed by atoms with van der Waals surface area (Å²) in [4.78, 5) is 26.5. The number of anilines is 2. The summed E-state index contributed by atoms with van der Waals surface area (Å²) >= 11 is 0. The summed E-state index contributed by atoms with van der Waals surface area (Å²) in [6.45, 7) is 5.00. The summed E-state index contributed by atoms with van der Waals surface area (Å²) in [5.41, 5.74) is 2.31. The Hall–Kier alpha value is -3.28. The molecule has 0 spiro atoms. The molecule has 4 rings (SSSR count). The molecule has 2 aliphatic rings. The third kappa shape index (κ3) is 5.56. The van der Waals surface area contributed by atoms with Crippen molar-refractivity contribution < 1.29 is 24.1 Å². The van der Waals surface area contributed by atoms with E-state index in [1.807, 2.05) is 21.9 Å². The minimum atomic E-state index is -0.428. The summed E-state index contributed by atoms with van der Waals surface area (Å²) in [6.07, 6.45) is 0. The second kappa shape index (κ2) is 10.6. The fraction of sp³-hybridized carbons (Fsp3) is 0.455. The van der Waals surface area contributed by atoms with Crippen LogP contribution in [0.15, 0.2) is 36.4 Å². The molecule has 11 nitrogen and oxygen atoms in total. The van der Waals surface area contributed by atoms with Crippen LogP contribution in [0.2, 0.25) is 0 Å². The highest BCUT2D eigenvalue weighted by Gasteiger charge is 2.21. The minimum absolute atomic E-state index is 0.0257. The first-order valence-corrected chi connectivity index (χ1v) is 10.8. The monoisotopic (exact) mass is 458 g/mol. The fourth-order valence-electron chi connectivity index (χ4n) is 4.00. The summed E-state index contributed by atoms with van der Waals surface area (Å²) in [5, 5.41) is 23.3. The summed E-state index contributed by atoms with van der Waals surface area (Å²) in [7, 11) is 0. The van der Waals surface area contributed by atoms with Gasteiger partial charge in [-0.1, -0.05) is 0 Å². The Morgan fingerprint density at radius 1 is 0.727 bits per heavy atom. The highest BCUT2D eigenvalue weighted by Crippen LogP contribution is 2.29. The van der Waals surface area contributed by atoms with E-state index in [4.69, 9.17) is 14.2 Å². The summed E-state index contributed by atoms with van der Waals surface area (Å²) < 4.78 is 16.4. The molecule has 176 valence electrons. The van der Waals surface area contributed by atoms with E-state index >= 15 is 0 Å². The van der Waals surface area contributed by atoms with Crippen LogP contribution in [-0.2, 0) is 27.4 Å². The molecule has 0 aliphatic carbocycles. The average Bonchev–Trinajstić information content (AvgIpc) is 2.85. The van der Waals surface area contributed by atoms with Gasteiger partial charge < -0.3 is 24.0 Å². The van der Waals surface area contributed by atoms with E-state index in [1.165, 1.54) is 0 Å². The Bertz CT molecular complexity index is 925. The maximum Gasteiger partial charge on any atom is 0.276 e. The smallest absolute Gasteiger partial charge is 0.276 e. The van der Waals surface area contributed by atoms with Gasteiger partial charge in [0.15, 0.2) is 0 Å². The van der Waals surface area contributed by atoms with Gasteiger partial charge in [0.05, 0.1) is 60.6 Å². The van der Waals surface area contributed by atoms with Crippen molar-refractivity contribution in [1.29, 1.82) is 0 Å². The van der Waals surface area contributed by atoms with Gasteiger partial charge in [0.1, 0.15) is 0 Å². The lowest BCUT2D eigenvalue weighted by atomic mass is 10.1. The highest BCUT2D eigenvalue weighted by atomic mass is 16.6. The lowest BCUT2D eigenvalue weighted by molar-refractivity contribution is -0.386. The number of nitrogens with zero attached hydrogens (tertiary/aromatic N) is 4. The summed E-state index contributed by atoms with van der Waals surface area (Å²) in [6, 6.07) is 10.1. The molecular formula is C22H26N4O7. The molecule has 0 atom stereocenters. The Balaban J connectivity index is 1.45. The van der Waals surface area contributed by atoms with Gasteiger partial charge in [0, 0.05) is 49.7 Å². The highest BCUT2D eigenvalue weighted by molar-refractivity contribution is 5.58. The first-order chi connectivity index (χ1) is 16.0. The maximum atomic E-state index is 11.6. The zero-order chi connectivity index (χ0) is 23.2. The Labute approximate surface area is 190 Å². The van der Waals surface area contributed by atoms with Crippen LogP contribution in [0.5, 0.6) is 0 Å². The van der Waals surface area contributed by atoms with Crippen molar-refractivity contribution in [2.75, 3.05) is 62.4 Å². The fourth-order valence-corrected chi connectivity index (χ4v) is 4.00. The molecule has 0 saturated carbocycles. The lowest BCUT2D eigenvalue weighted by Gasteiger charge is -2.29. The summed E-state index contributed by atoms with van der Waals surface area (Å²) in [5.74, 6) is 0. The third-order valence-corrected chi connectivity index (χ3v) is 5.80. The van der Waals surface area contributed by atoms with Gasteiger partial charge in [0.2, 0.25) is 0 Å². The molecule has 11 heteroatoms. The largest absolute Gasteiger partial charge is 0.378 e. The van der Waals surface area contributed by atoms with Crippen molar-refractivity contribution in [1.82, 2.24) is 0 Å². The molecular weight excluding hydrogens is 432 g/mol. The minimum Gasteiger partial charge on any atom is -0.378 e. The first-order valence-electron chi connectivity index (χ1n) is 10.8. The number of hydrogen-bond acceptors (Lipinski definition) is 9. The number of rotatable bonds is 8. The molecule has 0 unspecified atom stereocenters. The number of hydrogen-bond donors (Lipinski definition) is 0. The second-order valence-corrected chi connectivity index (χ2v) is 7.83. The van der Waals surface area contributed by atoms with E-state index in [0.717, 1.165) is 11.4 Å². The standard InChI is InChI=1S/C22H26N4O7/c27-25(28)21-13-19(23-5-9-31-10-6-23)3-1-17(21)15-33-16-18-2-4-20(14-22(18)26(29)30)24-7-11-32-12-8-24/h1-4,13-14H,5-12,15-16H2. The Morgan fingerprint density at radius 2 is 1.12 bits per heavy atom. The Morgan fingerprint density at radius 3 is 1.48 bits per heavy atom. The Kier molecular flexibility index (Phi) is 7.33. The number of nitro groups is 2. The van der Waals surface area contributed by atoms with Crippen LogP contribution in [-0.4, -0.2) is 62.5 Å². The number of benzene rings is 2. The van der Waals surface area contributed by atoms with E-state index < -0.39 is 9.85 Å². The molecule has 0 radical (unpaired) electrons. The van der Waals surface area contributed by atoms with Gasteiger partial charge in [-0.25, -0.2) is 0 Å². The third-order valence-electron chi connectivity index (χ3n) is 5.80. The van der Waals surface area contributed by atoms with Crippen molar-refractivity contribution in [3.8, 4) is 0 Å². The maximum absolute atomic E-state index is 11.6. The molecule has 0 amide bonds. The quantitative estimate of drug-likeness (QED) is 0.434. The van der Waals surface area contributed by atoms with E-state index in [1.54, 1.807) is 24.3 Å². The molecule has 2 fully saturated rings. The number of nitro benzene ring substituents is 2. The van der Waals surface area contributed by atoms with E-state index in [-0.39, 0.29) is 24.6 Å². The molecule has 2 aromatic carbocycles. The molecule has 2 aliphatic heterocycles. The molecule has 2 saturated heterocycles. The van der Waals surface area contributed by atoms with E-state index in [2.05, 4.69) is 0 Å². The van der Waals surface area contributed by atoms with Gasteiger partial charge in [0.25, 0.3) is 11.4 Å². The van der Waals surface area contributed by atoms with Gasteiger partial charge >= 0.3 is 0 Å². The molecule has 0 bridgehead atoms. The molecule has 2 aromatic rings. The van der Waals surface area contributed by atoms with Crippen molar-refractivity contribution in [3.05, 3.63) is 67.8 Å². The van der Waals surface area contributed by atoms with E-state index in [9.17, 15) is 20.2 Å². The van der Waals surface area contributed by atoms with Crippen LogP contribution < -0.4 is 9.80 Å². The van der Waals surface area contributed by atoms with E-state index in [0.29, 0.717) is 63.7 Å². The van der Waals surface area contributed by atoms with Crippen molar-refractivity contribution in [2.24, 2.45) is 0 Å². The number of morpholine rings is 2. The van der Waals surface area contributed by atoms with Gasteiger partial charge in [-0.2, -0.15) is 0 Å². The van der Waals surface area contributed by atoms with Crippen LogP contribution in [0.25, 0.3) is 0 Å². The van der Waals surface area contributed by atoms with Crippen LogP contribution in [0.3, 0.4) is 0 Å². The molecule has 0 aromatic heterocycles. The van der Waals surface area contributed by atoms with Gasteiger partial charge in [-0.05, 0) is 24.3 Å². The van der Waals surface area contributed by atoms with Crippen LogP contribution in [0.4, 0.5) is 22.7 Å². The SMILES string of the molecule is O=[N+]([O-])c1cc(N2CCOCC2)ccc1COCc1ccc(N2CCOCC2)cc1[N+](=O)[O-]. The second-order valence-electron chi connectivity index (χ2n) is 7.83. The average molecular weight is 458 g/mol. The lowest BCUT2D eigenvalue weighted by Crippen LogP contribution is -2.36. The number of ether oxygens (including phenoxy) is 3. The molecule has 2 heterocycles. The zero-order valence-electron chi connectivity index (χ0n) is 18.2.